The molecule has 0 saturated carbocycles. The van der Waals surface area contributed by atoms with Gasteiger partial charge in [-0.1, -0.05) is 6.07 Å². The molecule has 1 atom stereocenters. The van der Waals surface area contributed by atoms with Crippen LogP contribution in [0, 0.1) is 6.92 Å². The Balaban J connectivity index is 1.66. The number of hydrogen-bond donors (Lipinski definition) is 2. The number of carbonyl (C=O) groups is 2. The molecule has 154 valence electrons. The third-order valence-corrected chi connectivity index (χ3v) is 4.74. The summed E-state index contributed by atoms with van der Waals surface area (Å²) in [5.74, 6) is 1.62. The standard InChI is InChI=1S/C21H25N3O5/c1-13-5-7-17(27-2)16(9-13)23-21(26)22-14-10-20(25)24(12-14)15-6-8-18(28-3)19(11-15)29-4/h5-9,11,14H,10,12H2,1-4H3,(H2,22,23,26)/t14-/m1/s1. The van der Waals surface area contributed by atoms with E-state index in [2.05, 4.69) is 10.6 Å². The second-order valence-corrected chi connectivity index (χ2v) is 6.75. The van der Waals surface area contributed by atoms with Gasteiger partial charge in [0.25, 0.3) is 0 Å². The first-order valence-corrected chi connectivity index (χ1v) is 9.19. The summed E-state index contributed by atoms with van der Waals surface area (Å²) in [5, 5.41) is 5.65. The number of nitrogens with one attached hydrogen (secondary N) is 2. The molecule has 2 aromatic rings. The lowest BCUT2D eigenvalue weighted by molar-refractivity contribution is -0.117. The predicted molar refractivity (Wildman–Crippen MR) is 110 cm³/mol. The molecule has 8 heteroatoms. The Bertz CT molecular complexity index is 915. The van der Waals surface area contributed by atoms with Gasteiger partial charge in [0, 0.05) is 24.7 Å². The third kappa shape index (κ3) is 4.53. The molecule has 1 aliphatic heterocycles. The highest BCUT2D eigenvalue weighted by atomic mass is 16.5. The van der Waals surface area contributed by atoms with E-state index in [1.54, 1.807) is 50.5 Å². The molecule has 2 aromatic carbocycles. The Labute approximate surface area is 169 Å². The van der Waals surface area contributed by atoms with Gasteiger partial charge >= 0.3 is 6.03 Å². The zero-order valence-corrected chi connectivity index (χ0v) is 16.9. The van der Waals surface area contributed by atoms with Crippen LogP contribution < -0.4 is 29.7 Å². The van der Waals surface area contributed by atoms with Crippen molar-refractivity contribution in [2.24, 2.45) is 0 Å². The van der Waals surface area contributed by atoms with Crippen molar-refractivity contribution in [3.8, 4) is 17.2 Å². The van der Waals surface area contributed by atoms with Crippen molar-refractivity contribution in [2.75, 3.05) is 38.1 Å². The first-order chi connectivity index (χ1) is 13.9. The number of amides is 3. The van der Waals surface area contributed by atoms with E-state index in [9.17, 15) is 9.59 Å². The Hall–Kier alpha value is -3.42. The van der Waals surface area contributed by atoms with E-state index >= 15 is 0 Å². The van der Waals surface area contributed by atoms with Crippen LogP contribution in [0.15, 0.2) is 36.4 Å². The maximum absolute atomic E-state index is 12.5. The van der Waals surface area contributed by atoms with Crippen molar-refractivity contribution in [3.05, 3.63) is 42.0 Å². The fourth-order valence-electron chi connectivity index (χ4n) is 3.31. The van der Waals surface area contributed by atoms with Gasteiger partial charge in [0.15, 0.2) is 11.5 Å². The molecule has 29 heavy (non-hydrogen) atoms. The van der Waals surface area contributed by atoms with Crippen LogP contribution in [0.25, 0.3) is 0 Å². The Morgan fingerprint density at radius 3 is 2.38 bits per heavy atom. The lowest BCUT2D eigenvalue weighted by Gasteiger charge is -2.19. The van der Waals surface area contributed by atoms with Crippen LogP contribution in [0.5, 0.6) is 17.2 Å². The highest BCUT2D eigenvalue weighted by Gasteiger charge is 2.32. The van der Waals surface area contributed by atoms with E-state index in [1.165, 1.54) is 0 Å². The van der Waals surface area contributed by atoms with Gasteiger partial charge in [-0.15, -0.1) is 0 Å². The molecule has 0 radical (unpaired) electrons. The number of urea groups is 1. The largest absolute Gasteiger partial charge is 0.495 e. The zero-order valence-electron chi connectivity index (χ0n) is 16.9. The van der Waals surface area contributed by atoms with Crippen LogP contribution in [0.1, 0.15) is 12.0 Å². The molecule has 3 rings (SSSR count). The minimum absolute atomic E-state index is 0.0735. The minimum atomic E-state index is -0.388. The van der Waals surface area contributed by atoms with Gasteiger partial charge in [-0.2, -0.15) is 0 Å². The summed E-state index contributed by atoms with van der Waals surface area (Å²) in [7, 11) is 4.65. The summed E-state index contributed by atoms with van der Waals surface area (Å²) in [4.78, 5) is 26.5. The van der Waals surface area contributed by atoms with Crippen molar-refractivity contribution in [2.45, 2.75) is 19.4 Å². The van der Waals surface area contributed by atoms with Crippen LogP contribution in [0.3, 0.4) is 0 Å². The number of hydrogen-bond acceptors (Lipinski definition) is 5. The van der Waals surface area contributed by atoms with Crippen LogP contribution >= 0.6 is 0 Å². The summed E-state index contributed by atoms with van der Waals surface area (Å²) in [6.07, 6.45) is 0.215. The van der Waals surface area contributed by atoms with Crippen molar-refractivity contribution in [3.63, 3.8) is 0 Å². The summed E-state index contributed by atoms with van der Waals surface area (Å²) in [6.45, 7) is 2.30. The number of anilines is 2. The van der Waals surface area contributed by atoms with E-state index in [0.717, 1.165) is 5.56 Å². The summed E-state index contributed by atoms with van der Waals surface area (Å²) in [6, 6.07) is 10.1. The molecular formula is C21H25N3O5. The highest BCUT2D eigenvalue weighted by Crippen LogP contribution is 2.33. The third-order valence-electron chi connectivity index (χ3n) is 4.74. The molecule has 1 heterocycles. The quantitative estimate of drug-likeness (QED) is 0.780. The SMILES string of the molecule is COc1ccc(C)cc1NC(=O)N[C@@H]1CC(=O)N(c2ccc(OC)c(OC)c2)C1. The first-order valence-electron chi connectivity index (χ1n) is 9.19. The van der Waals surface area contributed by atoms with E-state index in [1.807, 2.05) is 19.1 Å². The Morgan fingerprint density at radius 2 is 1.69 bits per heavy atom. The summed E-state index contributed by atoms with van der Waals surface area (Å²) in [5.41, 5.74) is 2.26. The Kier molecular flexibility index (Phi) is 6.11. The number of aryl methyl sites for hydroxylation is 1. The lowest BCUT2D eigenvalue weighted by atomic mass is 10.2. The van der Waals surface area contributed by atoms with Gasteiger partial charge in [0.2, 0.25) is 5.91 Å². The average Bonchev–Trinajstić information content (AvgIpc) is 3.07. The topological polar surface area (TPSA) is 89.1 Å². The molecule has 0 bridgehead atoms. The molecule has 1 saturated heterocycles. The fourth-order valence-corrected chi connectivity index (χ4v) is 3.31. The van der Waals surface area contributed by atoms with Gasteiger partial charge in [-0.3, -0.25) is 4.79 Å². The molecule has 8 nitrogen and oxygen atoms in total. The van der Waals surface area contributed by atoms with Gasteiger partial charge in [-0.05, 0) is 36.8 Å². The second-order valence-electron chi connectivity index (χ2n) is 6.75. The van der Waals surface area contributed by atoms with Crippen LogP contribution in [0.4, 0.5) is 16.2 Å². The minimum Gasteiger partial charge on any atom is -0.495 e. The smallest absolute Gasteiger partial charge is 0.319 e. The maximum Gasteiger partial charge on any atom is 0.319 e. The van der Waals surface area contributed by atoms with Gasteiger partial charge < -0.3 is 29.7 Å². The Morgan fingerprint density at radius 1 is 1.00 bits per heavy atom. The molecule has 1 fully saturated rings. The monoisotopic (exact) mass is 399 g/mol. The summed E-state index contributed by atoms with van der Waals surface area (Å²) >= 11 is 0. The lowest BCUT2D eigenvalue weighted by Crippen LogP contribution is -2.39. The fraction of sp³-hybridized carbons (Fsp3) is 0.333. The van der Waals surface area contributed by atoms with Crippen LogP contribution in [0.2, 0.25) is 0 Å². The summed E-state index contributed by atoms with van der Waals surface area (Å²) < 4.78 is 15.8. The van der Waals surface area contributed by atoms with Crippen molar-refractivity contribution >= 4 is 23.3 Å². The number of benzene rings is 2. The molecule has 1 aliphatic rings. The number of rotatable bonds is 6. The van der Waals surface area contributed by atoms with E-state index in [-0.39, 0.29) is 24.4 Å². The molecule has 0 aliphatic carbocycles. The normalized spacial score (nSPS) is 15.8. The average molecular weight is 399 g/mol. The molecule has 2 N–H and O–H groups in total. The zero-order chi connectivity index (χ0) is 21.0. The van der Waals surface area contributed by atoms with Crippen LogP contribution in [-0.2, 0) is 4.79 Å². The van der Waals surface area contributed by atoms with Gasteiger partial charge in [0.1, 0.15) is 5.75 Å². The molecule has 0 aromatic heterocycles. The predicted octanol–water partition coefficient (Wildman–Crippen LogP) is 2.95. The molecular weight excluding hydrogens is 374 g/mol. The van der Waals surface area contributed by atoms with E-state index in [0.29, 0.717) is 35.2 Å². The van der Waals surface area contributed by atoms with E-state index in [4.69, 9.17) is 14.2 Å². The van der Waals surface area contributed by atoms with Crippen LogP contribution in [-0.4, -0.2) is 45.9 Å². The molecule has 0 unspecified atom stereocenters. The van der Waals surface area contributed by atoms with Crippen molar-refractivity contribution < 1.29 is 23.8 Å². The first kappa shape index (κ1) is 20.3. The highest BCUT2D eigenvalue weighted by molar-refractivity contribution is 5.98. The van der Waals surface area contributed by atoms with Gasteiger partial charge in [0.05, 0.1) is 33.1 Å². The van der Waals surface area contributed by atoms with Crippen molar-refractivity contribution in [1.82, 2.24) is 5.32 Å². The number of carbonyl (C=O) groups excluding carboxylic acids is 2. The second kappa shape index (κ2) is 8.72. The number of ether oxygens (including phenoxy) is 3. The number of nitrogens with zero attached hydrogens (tertiary/aromatic N) is 1. The maximum atomic E-state index is 12.5. The van der Waals surface area contributed by atoms with E-state index < -0.39 is 0 Å². The van der Waals surface area contributed by atoms with Gasteiger partial charge in [-0.25, -0.2) is 4.79 Å². The van der Waals surface area contributed by atoms with Crippen molar-refractivity contribution in [1.29, 1.82) is 0 Å². The number of methoxy groups -OCH3 is 3. The molecule has 0 spiro atoms. The molecule has 3 amide bonds.